The molecule has 0 saturated heterocycles. The van der Waals surface area contributed by atoms with Crippen LogP contribution in [0, 0.1) is 5.82 Å². The Morgan fingerprint density at radius 2 is 1.80 bits per heavy atom. The highest BCUT2D eigenvalue weighted by molar-refractivity contribution is 6.35. The number of anilines is 2. The molecule has 6 heteroatoms. The van der Waals surface area contributed by atoms with E-state index in [1.165, 1.54) is 12.1 Å². The molecule has 2 rings (SSSR count). The van der Waals surface area contributed by atoms with Gasteiger partial charge in [0.1, 0.15) is 5.82 Å². The molecular formula is C14H12Cl3FN2. The number of rotatable bonds is 3. The molecule has 0 radical (unpaired) electrons. The molecule has 0 fully saturated rings. The van der Waals surface area contributed by atoms with E-state index in [0.717, 1.165) is 5.56 Å². The van der Waals surface area contributed by atoms with E-state index in [1.54, 1.807) is 12.1 Å². The van der Waals surface area contributed by atoms with Gasteiger partial charge in [-0.25, -0.2) is 4.39 Å². The molecule has 0 spiro atoms. The van der Waals surface area contributed by atoms with Crippen LogP contribution in [0.4, 0.5) is 15.8 Å². The lowest BCUT2D eigenvalue weighted by atomic mass is 10.1. The van der Waals surface area contributed by atoms with Crippen molar-refractivity contribution in [1.29, 1.82) is 0 Å². The van der Waals surface area contributed by atoms with Crippen LogP contribution >= 0.6 is 34.8 Å². The average Bonchev–Trinajstić information content (AvgIpc) is 2.35. The van der Waals surface area contributed by atoms with Crippen molar-refractivity contribution in [2.45, 2.75) is 13.0 Å². The monoisotopic (exact) mass is 332 g/mol. The zero-order valence-electron chi connectivity index (χ0n) is 10.6. The average molecular weight is 334 g/mol. The number of benzene rings is 2. The molecule has 0 aliphatic heterocycles. The summed E-state index contributed by atoms with van der Waals surface area (Å²) in [4.78, 5) is 0. The predicted octanol–water partition coefficient (Wildman–Crippen LogP) is 5.54. The zero-order valence-corrected chi connectivity index (χ0v) is 12.8. The molecule has 0 aliphatic carbocycles. The van der Waals surface area contributed by atoms with Gasteiger partial charge in [-0.2, -0.15) is 0 Å². The summed E-state index contributed by atoms with van der Waals surface area (Å²) in [6, 6.07) is 7.74. The van der Waals surface area contributed by atoms with Crippen LogP contribution < -0.4 is 11.1 Å². The molecule has 2 nitrogen and oxygen atoms in total. The summed E-state index contributed by atoms with van der Waals surface area (Å²) < 4.78 is 13.3. The summed E-state index contributed by atoms with van der Waals surface area (Å²) >= 11 is 17.8. The molecule has 0 aromatic heterocycles. The van der Waals surface area contributed by atoms with E-state index in [4.69, 9.17) is 40.5 Å². The standard InChI is InChI=1S/C14H12Cl3FN2/c1-7(9-3-2-8(15)4-10(9)16)20-14-5-11(17)12(18)6-13(14)19/h2-7,20H,19H2,1H3. The van der Waals surface area contributed by atoms with Crippen molar-refractivity contribution in [3.8, 4) is 0 Å². The van der Waals surface area contributed by atoms with Gasteiger partial charge in [-0.1, -0.05) is 40.9 Å². The second-order valence-corrected chi connectivity index (χ2v) is 5.64. The van der Waals surface area contributed by atoms with Crippen LogP contribution in [0.2, 0.25) is 15.1 Å². The lowest BCUT2D eigenvalue weighted by molar-refractivity contribution is 0.629. The van der Waals surface area contributed by atoms with Crippen LogP contribution in [0.5, 0.6) is 0 Å². The van der Waals surface area contributed by atoms with Gasteiger partial charge < -0.3 is 11.1 Å². The van der Waals surface area contributed by atoms with E-state index < -0.39 is 5.82 Å². The molecule has 0 amide bonds. The topological polar surface area (TPSA) is 38.0 Å². The van der Waals surface area contributed by atoms with Crippen molar-refractivity contribution < 1.29 is 4.39 Å². The lowest BCUT2D eigenvalue weighted by Gasteiger charge is -2.19. The SMILES string of the molecule is CC(Nc1cc(Cl)c(F)cc1N)c1ccc(Cl)cc1Cl. The Bertz CT molecular complexity index is 647. The molecule has 3 N–H and O–H groups in total. The first-order valence-electron chi connectivity index (χ1n) is 5.84. The van der Waals surface area contributed by atoms with E-state index in [1.807, 2.05) is 13.0 Å². The number of nitrogens with one attached hydrogen (secondary N) is 1. The van der Waals surface area contributed by atoms with Gasteiger partial charge in [0.15, 0.2) is 0 Å². The van der Waals surface area contributed by atoms with Crippen LogP contribution in [0.25, 0.3) is 0 Å². The third-order valence-corrected chi connectivity index (χ3v) is 3.75. The summed E-state index contributed by atoms with van der Waals surface area (Å²) in [7, 11) is 0. The van der Waals surface area contributed by atoms with Crippen molar-refractivity contribution in [3.63, 3.8) is 0 Å². The molecule has 20 heavy (non-hydrogen) atoms. The van der Waals surface area contributed by atoms with E-state index in [9.17, 15) is 4.39 Å². The number of hydrogen-bond donors (Lipinski definition) is 2. The fourth-order valence-electron chi connectivity index (χ4n) is 1.85. The number of hydrogen-bond acceptors (Lipinski definition) is 2. The van der Waals surface area contributed by atoms with E-state index in [0.29, 0.717) is 15.7 Å². The van der Waals surface area contributed by atoms with E-state index >= 15 is 0 Å². The highest BCUT2D eigenvalue weighted by Gasteiger charge is 2.13. The quantitative estimate of drug-likeness (QED) is 0.724. The summed E-state index contributed by atoms with van der Waals surface area (Å²) in [6.45, 7) is 1.91. The van der Waals surface area contributed by atoms with Crippen LogP contribution in [-0.4, -0.2) is 0 Å². The third kappa shape index (κ3) is 3.29. The van der Waals surface area contributed by atoms with Gasteiger partial charge in [-0.15, -0.1) is 0 Å². The van der Waals surface area contributed by atoms with Crippen LogP contribution in [0.3, 0.4) is 0 Å². The van der Waals surface area contributed by atoms with Crippen LogP contribution in [0.15, 0.2) is 30.3 Å². The Kier molecular flexibility index (Phi) is 4.63. The minimum absolute atomic E-state index is 0.0103. The fourth-order valence-corrected chi connectivity index (χ4v) is 2.59. The Morgan fingerprint density at radius 1 is 1.10 bits per heavy atom. The Balaban J connectivity index is 2.27. The minimum Gasteiger partial charge on any atom is -0.397 e. The maximum atomic E-state index is 13.3. The van der Waals surface area contributed by atoms with Gasteiger partial charge in [0.25, 0.3) is 0 Å². The maximum Gasteiger partial charge on any atom is 0.143 e. The first kappa shape index (κ1) is 15.2. The molecule has 106 valence electrons. The first-order valence-corrected chi connectivity index (χ1v) is 6.98. The molecule has 0 heterocycles. The predicted molar refractivity (Wildman–Crippen MR) is 84.3 cm³/mol. The Morgan fingerprint density at radius 3 is 2.45 bits per heavy atom. The van der Waals surface area contributed by atoms with Gasteiger partial charge in [-0.05, 0) is 30.7 Å². The molecule has 1 unspecified atom stereocenters. The Hall–Kier alpha value is -1.16. The fraction of sp³-hybridized carbons (Fsp3) is 0.143. The smallest absolute Gasteiger partial charge is 0.143 e. The van der Waals surface area contributed by atoms with Gasteiger partial charge >= 0.3 is 0 Å². The number of nitrogens with two attached hydrogens (primary N) is 1. The highest BCUT2D eigenvalue weighted by atomic mass is 35.5. The Labute approximate surface area is 131 Å². The first-order chi connectivity index (χ1) is 9.38. The summed E-state index contributed by atoms with van der Waals surface area (Å²) in [5.41, 5.74) is 7.45. The van der Waals surface area contributed by atoms with E-state index in [-0.39, 0.29) is 16.8 Å². The van der Waals surface area contributed by atoms with Crippen molar-refractivity contribution in [1.82, 2.24) is 0 Å². The van der Waals surface area contributed by atoms with Crippen molar-refractivity contribution in [2.24, 2.45) is 0 Å². The molecule has 2 aromatic rings. The second-order valence-electron chi connectivity index (χ2n) is 4.39. The molecule has 1 atom stereocenters. The van der Waals surface area contributed by atoms with Crippen LogP contribution in [0.1, 0.15) is 18.5 Å². The lowest BCUT2D eigenvalue weighted by Crippen LogP contribution is -2.09. The minimum atomic E-state index is -0.549. The van der Waals surface area contributed by atoms with Crippen molar-refractivity contribution >= 4 is 46.2 Å². The van der Waals surface area contributed by atoms with Gasteiger partial charge in [0.05, 0.1) is 22.4 Å². The molecule has 0 aliphatic rings. The summed E-state index contributed by atoms with van der Waals surface area (Å²) in [5.74, 6) is -0.549. The van der Waals surface area contributed by atoms with E-state index in [2.05, 4.69) is 5.32 Å². The number of halogens is 4. The molecular weight excluding hydrogens is 322 g/mol. The second kappa shape index (κ2) is 6.08. The highest BCUT2D eigenvalue weighted by Crippen LogP contribution is 2.32. The van der Waals surface area contributed by atoms with Gasteiger partial charge in [0, 0.05) is 16.1 Å². The molecule has 2 aromatic carbocycles. The maximum absolute atomic E-state index is 13.3. The largest absolute Gasteiger partial charge is 0.397 e. The summed E-state index contributed by atoms with van der Waals surface area (Å²) in [5, 5.41) is 4.27. The van der Waals surface area contributed by atoms with Crippen molar-refractivity contribution in [2.75, 3.05) is 11.1 Å². The molecule has 0 bridgehead atoms. The molecule has 0 saturated carbocycles. The van der Waals surface area contributed by atoms with Crippen LogP contribution in [-0.2, 0) is 0 Å². The van der Waals surface area contributed by atoms with Crippen molar-refractivity contribution in [3.05, 3.63) is 56.8 Å². The number of nitrogen functional groups attached to an aromatic ring is 1. The van der Waals surface area contributed by atoms with Gasteiger partial charge in [-0.3, -0.25) is 0 Å². The third-order valence-electron chi connectivity index (χ3n) is 2.89. The van der Waals surface area contributed by atoms with Gasteiger partial charge in [0.2, 0.25) is 0 Å². The summed E-state index contributed by atoms with van der Waals surface area (Å²) in [6.07, 6.45) is 0. The zero-order chi connectivity index (χ0) is 14.9. The normalized spacial score (nSPS) is 12.2.